The van der Waals surface area contributed by atoms with E-state index in [2.05, 4.69) is 43.8 Å². The summed E-state index contributed by atoms with van der Waals surface area (Å²) in [6, 6.07) is 0. The third kappa shape index (κ3) is 3.62. The van der Waals surface area contributed by atoms with Crippen LogP contribution in [0.25, 0.3) is 0 Å². The van der Waals surface area contributed by atoms with E-state index in [-0.39, 0.29) is 0 Å². The van der Waals surface area contributed by atoms with E-state index in [9.17, 15) is 0 Å². The standard InChI is InChI=1S/C17H27N3/c1-7-9-15(16(18)10-8-2)11-20-12-19(6)14(5)17(20)13(3)4/h7-11,13,18H,12H2,1-6H3/b9-7-,10-8-,15-11+,18-16?. The fourth-order valence-corrected chi connectivity index (χ4v) is 2.49. The summed E-state index contributed by atoms with van der Waals surface area (Å²) in [5.41, 5.74) is 4.13. The Labute approximate surface area is 123 Å². The van der Waals surface area contributed by atoms with E-state index in [1.807, 2.05) is 38.2 Å². The molecule has 1 aliphatic rings. The second-order valence-corrected chi connectivity index (χ2v) is 5.43. The van der Waals surface area contributed by atoms with E-state index < -0.39 is 0 Å². The van der Waals surface area contributed by atoms with Crippen LogP contribution < -0.4 is 0 Å². The molecule has 0 aliphatic carbocycles. The largest absolute Gasteiger partial charge is 0.359 e. The van der Waals surface area contributed by atoms with Crippen molar-refractivity contribution in [2.45, 2.75) is 34.6 Å². The zero-order valence-corrected chi connectivity index (χ0v) is 13.6. The lowest BCUT2D eigenvalue weighted by Crippen LogP contribution is -2.22. The number of hydrogen-bond donors (Lipinski definition) is 1. The summed E-state index contributed by atoms with van der Waals surface area (Å²) in [7, 11) is 2.11. The minimum atomic E-state index is 0.471. The molecule has 1 heterocycles. The summed E-state index contributed by atoms with van der Waals surface area (Å²) in [6.07, 6.45) is 9.80. The van der Waals surface area contributed by atoms with Crippen LogP contribution in [0.4, 0.5) is 0 Å². The zero-order valence-electron chi connectivity index (χ0n) is 13.6. The molecule has 1 aliphatic heterocycles. The Morgan fingerprint density at radius 2 is 1.80 bits per heavy atom. The van der Waals surface area contributed by atoms with Crippen molar-refractivity contribution in [3.05, 3.63) is 47.5 Å². The van der Waals surface area contributed by atoms with Gasteiger partial charge in [0, 0.05) is 30.2 Å². The molecule has 3 heteroatoms. The van der Waals surface area contributed by atoms with Crippen molar-refractivity contribution >= 4 is 5.71 Å². The van der Waals surface area contributed by atoms with Gasteiger partial charge in [-0.1, -0.05) is 32.1 Å². The average molecular weight is 273 g/mol. The molecule has 0 radical (unpaired) electrons. The number of hydrogen-bond acceptors (Lipinski definition) is 3. The highest BCUT2D eigenvalue weighted by Crippen LogP contribution is 2.28. The van der Waals surface area contributed by atoms with Gasteiger partial charge in [0.1, 0.15) is 0 Å². The van der Waals surface area contributed by atoms with Crippen molar-refractivity contribution in [3.8, 4) is 0 Å². The zero-order chi connectivity index (χ0) is 15.3. The quantitative estimate of drug-likeness (QED) is 0.603. The van der Waals surface area contributed by atoms with Crippen LogP contribution in [0, 0.1) is 11.3 Å². The maximum atomic E-state index is 8.12. The van der Waals surface area contributed by atoms with Gasteiger partial charge < -0.3 is 15.2 Å². The first kappa shape index (κ1) is 16.3. The third-order valence-corrected chi connectivity index (χ3v) is 3.45. The first-order valence-corrected chi connectivity index (χ1v) is 7.17. The van der Waals surface area contributed by atoms with Crippen LogP contribution >= 0.6 is 0 Å². The molecule has 0 bridgehead atoms. The van der Waals surface area contributed by atoms with E-state index in [1.165, 1.54) is 11.4 Å². The molecule has 110 valence electrons. The van der Waals surface area contributed by atoms with Crippen LogP contribution in [-0.4, -0.2) is 29.2 Å². The summed E-state index contributed by atoms with van der Waals surface area (Å²) >= 11 is 0. The molecule has 0 saturated carbocycles. The smallest absolute Gasteiger partial charge is 0.0938 e. The van der Waals surface area contributed by atoms with E-state index in [0.717, 1.165) is 12.2 Å². The Bertz CT molecular complexity index is 478. The Morgan fingerprint density at radius 3 is 2.30 bits per heavy atom. The van der Waals surface area contributed by atoms with Gasteiger partial charge in [0.25, 0.3) is 0 Å². The lowest BCUT2D eigenvalue weighted by Gasteiger charge is -2.21. The van der Waals surface area contributed by atoms with E-state index in [1.54, 1.807) is 0 Å². The summed E-state index contributed by atoms with van der Waals surface area (Å²) < 4.78 is 0. The molecule has 1 rings (SSSR count). The predicted octanol–water partition coefficient (Wildman–Crippen LogP) is 4.13. The summed E-state index contributed by atoms with van der Waals surface area (Å²) in [5.74, 6) is 0.471. The highest BCUT2D eigenvalue weighted by molar-refractivity contribution is 6.08. The molecule has 20 heavy (non-hydrogen) atoms. The Morgan fingerprint density at radius 1 is 1.20 bits per heavy atom. The molecule has 0 aromatic carbocycles. The van der Waals surface area contributed by atoms with Gasteiger partial charge in [-0.3, -0.25) is 0 Å². The lowest BCUT2D eigenvalue weighted by molar-refractivity contribution is 0.330. The maximum absolute atomic E-state index is 8.12. The molecule has 0 unspecified atom stereocenters. The fraction of sp³-hybridized carbons (Fsp3) is 0.471. The summed E-state index contributed by atoms with van der Waals surface area (Å²) in [4.78, 5) is 4.51. The van der Waals surface area contributed by atoms with Crippen molar-refractivity contribution in [2.75, 3.05) is 13.7 Å². The first-order chi connectivity index (χ1) is 9.42. The first-order valence-electron chi connectivity index (χ1n) is 7.17. The number of allylic oxidation sites excluding steroid dienone is 7. The Balaban J connectivity index is 3.15. The predicted molar refractivity (Wildman–Crippen MR) is 87.4 cm³/mol. The second-order valence-electron chi connectivity index (χ2n) is 5.43. The van der Waals surface area contributed by atoms with Gasteiger partial charge in [-0.2, -0.15) is 0 Å². The second kappa shape index (κ2) is 7.13. The van der Waals surface area contributed by atoms with Crippen LogP contribution in [0.15, 0.2) is 47.5 Å². The van der Waals surface area contributed by atoms with Crippen molar-refractivity contribution in [3.63, 3.8) is 0 Å². The highest BCUT2D eigenvalue weighted by atomic mass is 15.4. The van der Waals surface area contributed by atoms with Crippen LogP contribution in [0.1, 0.15) is 34.6 Å². The molecule has 0 amide bonds. The third-order valence-electron chi connectivity index (χ3n) is 3.45. The van der Waals surface area contributed by atoms with Gasteiger partial charge in [-0.25, -0.2) is 0 Å². The molecule has 0 aromatic heterocycles. The molecule has 0 fully saturated rings. The topological polar surface area (TPSA) is 30.3 Å². The lowest BCUT2D eigenvalue weighted by atomic mass is 10.1. The average Bonchev–Trinajstić information content (AvgIpc) is 2.64. The number of rotatable bonds is 5. The Kier molecular flexibility index (Phi) is 5.81. The van der Waals surface area contributed by atoms with Crippen molar-refractivity contribution in [1.82, 2.24) is 9.80 Å². The van der Waals surface area contributed by atoms with Gasteiger partial charge in [-0.05, 0) is 32.8 Å². The van der Waals surface area contributed by atoms with Crippen LogP contribution in [-0.2, 0) is 0 Å². The molecule has 1 N–H and O–H groups in total. The van der Waals surface area contributed by atoms with Crippen molar-refractivity contribution in [2.24, 2.45) is 5.92 Å². The molecular weight excluding hydrogens is 246 g/mol. The molecule has 0 atom stereocenters. The van der Waals surface area contributed by atoms with E-state index in [4.69, 9.17) is 5.41 Å². The maximum Gasteiger partial charge on any atom is 0.0938 e. The number of nitrogens with zero attached hydrogens (tertiary/aromatic N) is 2. The summed E-state index contributed by atoms with van der Waals surface area (Å²) in [5, 5.41) is 8.12. The van der Waals surface area contributed by atoms with Crippen molar-refractivity contribution in [1.29, 1.82) is 5.41 Å². The van der Waals surface area contributed by atoms with Gasteiger partial charge in [0.05, 0.1) is 12.4 Å². The Hall–Kier alpha value is -1.77. The van der Waals surface area contributed by atoms with E-state index in [0.29, 0.717) is 11.6 Å². The number of nitrogens with one attached hydrogen (secondary N) is 1. The van der Waals surface area contributed by atoms with E-state index >= 15 is 0 Å². The molecular formula is C17H27N3. The molecule has 0 spiro atoms. The SMILES string of the molecule is C/C=C\C(=N)C(/C=C\C)=C/N1CN(C)C(C)=C1C(C)C. The van der Waals surface area contributed by atoms with Crippen LogP contribution in [0.5, 0.6) is 0 Å². The molecule has 0 aromatic rings. The minimum absolute atomic E-state index is 0.471. The van der Waals surface area contributed by atoms with Crippen LogP contribution in [0.3, 0.4) is 0 Å². The molecule has 0 saturated heterocycles. The van der Waals surface area contributed by atoms with Gasteiger partial charge >= 0.3 is 0 Å². The highest BCUT2D eigenvalue weighted by Gasteiger charge is 2.24. The summed E-state index contributed by atoms with van der Waals surface area (Å²) in [6.45, 7) is 11.4. The van der Waals surface area contributed by atoms with Crippen LogP contribution in [0.2, 0.25) is 0 Å². The van der Waals surface area contributed by atoms with Crippen molar-refractivity contribution < 1.29 is 0 Å². The monoisotopic (exact) mass is 273 g/mol. The van der Waals surface area contributed by atoms with Gasteiger partial charge in [0.15, 0.2) is 0 Å². The molecule has 3 nitrogen and oxygen atoms in total. The van der Waals surface area contributed by atoms with Gasteiger partial charge in [0.2, 0.25) is 0 Å². The normalized spacial score (nSPS) is 17.4. The minimum Gasteiger partial charge on any atom is -0.359 e. The van der Waals surface area contributed by atoms with Gasteiger partial charge in [-0.15, -0.1) is 0 Å². The fourth-order valence-electron chi connectivity index (χ4n) is 2.49.